The van der Waals surface area contributed by atoms with Gasteiger partial charge in [0, 0.05) is 6.04 Å². The van der Waals surface area contributed by atoms with E-state index in [0.717, 1.165) is 11.5 Å². The molecule has 2 saturated carbocycles. The van der Waals surface area contributed by atoms with Gasteiger partial charge in [-0.2, -0.15) is 11.3 Å². The first-order valence-corrected chi connectivity index (χ1v) is 12.6. The highest BCUT2D eigenvalue weighted by molar-refractivity contribution is 7.08. The van der Waals surface area contributed by atoms with Gasteiger partial charge in [0.25, 0.3) is 5.56 Å². The first kappa shape index (κ1) is 22.0. The summed E-state index contributed by atoms with van der Waals surface area (Å²) in [6, 6.07) is 2.01. The molecule has 166 valence electrons. The Balaban J connectivity index is 1.57. The topological polar surface area (TPSA) is 77.4 Å². The molecule has 0 radical (unpaired) electrons. The molecule has 2 heterocycles. The van der Waals surface area contributed by atoms with Crippen molar-refractivity contribution >= 4 is 46.7 Å². The van der Waals surface area contributed by atoms with E-state index in [1.807, 2.05) is 16.8 Å². The summed E-state index contributed by atoms with van der Waals surface area (Å²) < 4.78 is 7.30. The summed E-state index contributed by atoms with van der Waals surface area (Å²) in [6.45, 7) is 3.94. The molecule has 2 aliphatic carbocycles. The van der Waals surface area contributed by atoms with Crippen LogP contribution < -0.4 is 20.1 Å². The molecule has 0 spiro atoms. The number of fused-ring (bicyclic) bond motifs is 2. The van der Waals surface area contributed by atoms with E-state index in [2.05, 4.69) is 12.2 Å². The highest BCUT2D eigenvalue weighted by Gasteiger charge is 2.42. The second kappa shape index (κ2) is 9.53. The van der Waals surface area contributed by atoms with Crippen LogP contribution in [-0.4, -0.2) is 29.1 Å². The fraction of sp³-hybridized carbons (Fsp3) is 0.522. The molecule has 2 aromatic rings. The van der Waals surface area contributed by atoms with Crippen LogP contribution >= 0.6 is 22.7 Å². The van der Waals surface area contributed by atoms with Crippen molar-refractivity contribution in [3.05, 3.63) is 41.9 Å². The second-order valence-electron chi connectivity index (χ2n) is 8.49. The normalized spacial score (nSPS) is 24.5. The number of hydrogen-bond acceptors (Lipinski definition) is 6. The molecule has 0 saturated heterocycles. The maximum atomic E-state index is 13.0. The van der Waals surface area contributed by atoms with Gasteiger partial charge in [0.15, 0.2) is 0 Å². The number of carbonyl (C=O) groups is 2. The Morgan fingerprint density at radius 2 is 2.19 bits per heavy atom. The predicted octanol–water partition coefficient (Wildman–Crippen LogP) is 2.08. The van der Waals surface area contributed by atoms with Crippen molar-refractivity contribution in [2.24, 2.45) is 17.8 Å². The third-order valence-corrected chi connectivity index (χ3v) is 8.19. The molecule has 1 amide bonds. The molecule has 2 fully saturated rings. The van der Waals surface area contributed by atoms with Crippen LogP contribution in [0.5, 0.6) is 0 Å². The predicted molar refractivity (Wildman–Crippen MR) is 123 cm³/mol. The number of ether oxygens (including phenoxy) is 1. The van der Waals surface area contributed by atoms with Gasteiger partial charge in [-0.15, -0.1) is 11.3 Å². The van der Waals surface area contributed by atoms with Gasteiger partial charge in [-0.25, -0.2) is 4.79 Å². The average Bonchev–Trinajstić information content (AvgIpc) is 3.51. The Labute approximate surface area is 189 Å². The van der Waals surface area contributed by atoms with Crippen LogP contribution in [0.1, 0.15) is 45.1 Å². The van der Waals surface area contributed by atoms with Crippen LogP contribution in [0.15, 0.2) is 21.6 Å². The Hall–Kier alpha value is -2.19. The number of aromatic nitrogens is 1. The third kappa shape index (κ3) is 5.01. The summed E-state index contributed by atoms with van der Waals surface area (Å²) in [4.78, 5) is 37.9. The molecule has 2 aromatic heterocycles. The monoisotopic (exact) mass is 460 g/mol. The molecule has 4 rings (SSSR count). The van der Waals surface area contributed by atoms with Crippen LogP contribution in [0.4, 0.5) is 0 Å². The Bertz CT molecular complexity index is 1120. The van der Waals surface area contributed by atoms with E-state index in [9.17, 15) is 14.4 Å². The molecule has 1 N–H and O–H groups in total. The lowest BCUT2D eigenvalue weighted by molar-refractivity contribution is -0.135. The van der Waals surface area contributed by atoms with Crippen molar-refractivity contribution in [3.63, 3.8) is 0 Å². The van der Waals surface area contributed by atoms with E-state index in [-0.39, 0.29) is 30.7 Å². The zero-order valence-electron chi connectivity index (χ0n) is 17.8. The van der Waals surface area contributed by atoms with Crippen molar-refractivity contribution in [2.75, 3.05) is 6.61 Å². The lowest BCUT2D eigenvalue weighted by Crippen LogP contribution is -2.44. The second-order valence-corrected chi connectivity index (χ2v) is 10.3. The van der Waals surface area contributed by atoms with Crippen molar-refractivity contribution in [1.29, 1.82) is 0 Å². The van der Waals surface area contributed by atoms with Crippen molar-refractivity contribution in [1.82, 2.24) is 9.88 Å². The number of carbonyl (C=O) groups excluding carboxylic acids is 2. The number of esters is 1. The number of nitrogens with zero attached hydrogens (tertiary/aromatic N) is 1. The fourth-order valence-electron chi connectivity index (χ4n) is 5.04. The van der Waals surface area contributed by atoms with Gasteiger partial charge in [-0.3, -0.25) is 14.2 Å². The molecular weight excluding hydrogens is 432 g/mol. The molecule has 0 aromatic carbocycles. The Morgan fingerprint density at radius 3 is 2.84 bits per heavy atom. The van der Waals surface area contributed by atoms with Gasteiger partial charge in [-0.1, -0.05) is 6.42 Å². The zero-order valence-corrected chi connectivity index (χ0v) is 19.5. The average molecular weight is 461 g/mol. The highest BCUT2D eigenvalue weighted by Crippen LogP contribution is 2.49. The molecule has 6 nitrogen and oxygen atoms in total. The number of thiophene rings is 1. The molecule has 8 heteroatoms. The van der Waals surface area contributed by atoms with Gasteiger partial charge in [-0.05, 0) is 79.3 Å². The zero-order chi connectivity index (χ0) is 22.0. The van der Waals surface area contributed by atoms with Crippen LogP contribution in [-0.2, 0) is 20.9 Å². The number of thiazole rings is 1. The number of rotatable bonds is 7. The van der Waals surface area contributed by atoms with Gasteiger partial charge in [0.2, 0.25) is 5.91 Å². The van der Waals surface area contributed by atoms with E-state index in [1.165, 1.54) is 47.7 Å². The van der Waals surface area contributed by atoms with E-state index in [1.54, 1.807) is 24.3 Å². The minimum Gasteiger partial charge on any atom is -0.463 e. The van der Waals surface area contributed by atoms with E-state index >= 15 is 0 Å². The lowest BCUT2D eigenvalue weighted by Gasteiger charge is -2.28. The van der Waals surface area contributed by atoms with E-state index < -0.39 is 5.97 Å². The van der Waals surface area contributed by atoms with Crippen molar-refractivity contribution in [2.45, 2.75) is 52.1 Å². The SMILES string of the molecule is CCOC(=O)/C=c1\s/c(=C\c2ccsc2)c(=O)n1CC(=O)N[C@@H](C)[C@@H]1C[C@H]2CC[C@@H]1C2. The number of nitrogens with one attached hydrogen (secondary N) is 1. The molecule has 0 unspecified atom stereocenters. The van der Waals surface area contributed by atoms with Gasteiger partial charge in [0.1, 0.15) is 11.2 Å². The van der Waals surface area contributed by atoms with E-state index in [4.69, 9.17) is 4.74 Å². The maximum Gasteiger partial charge on any atom is 0.333 e. The quantitative estimate of drug-likeness (QED) is 0.642. The first-order chi connectivity index (χ1) is 14.9. The lowest BCUT2D eigenvalue weighted by atomic mass is 9.84. The number of amides is 1. The molecular formula is C23H28N2O4S2. The smallest absolute Gasteiger partial charge is 0.333 e. The Morgan fingerprint density at radius 1 is 1.35 bits per heavy atom. The summed E-state index contributed by atoms with van der Waals surface area (Å²) in [5, 5.41) is 7.00. The van der Waals surface area contributed by atoms with Gasteiger partial charge in [0.05, 0.1) is 17.2 Å². The summed E-state index contributed by atoms with van der Waals surface area (Å²) in [5.41, 5.74) is 0.655. The summed E-state index contributed by atoms with van der Waals surface area (Å²) in [5.74, 6) is 1.33. The first-order valence-electron chi connectivity index (χ1n) is 10.9. The van der Waals surface area contributed by atoms with E-state index in [0.29, 0.717) is 21.0 Å². The van der Waals surface area contributed by atoms with Crippen LogP contribution in [0, 0.1) is 17.8 Å². The van der Waals surface area contributed by atoms with Crippen molar-refractivity contribution < 1.29 is 14.3 Å². The standard InChI is InChI=1S/C23H28N2O4S2/c1-3-29-22(27)11-21-25(23(28)19(31-21)10-16-6-7-30-13-16)12-20(26)24-14(2)18-9-15-4-5-17(18)8-15/h6-7,10-11,13-15,17-18H,3-5,8-9,12H2,1-2H3,(H,24,26)/b19-10-,21-11-/t14-,15-,17+,18-/m0/s1. The maximum absolute atomic E-state index is 13.0. The van der Waals surface area contributed by atoms with Gasteiger partial charge >= 0.3 is 5.97 Å². The summed E-state index contributed by atoms with van der Waals surface area (Å²) in [6.07, 6.45) is 8.15. The third-order valence-electron chi connectivity index (χ3n) is 6.43. The Kier molecular flexibility index (Phi) is 6.77. The molecule has 31 heavy (non-hydrogen) atoms. The van der Waals surface area contributed by atoms with Crippen LogP contribution in [0.2, 0.25) is 0 Å². The minimum atomic E-state index is -0.518. The van der Waals surface area contributed by atoms with Crippen LogP contribution in [0.25, 0.3) is 12.2 Å². The minimum absolute atomic E-state index is 0.0893. The number of hydrogen-bond donors (Lipinski definition) is 1. The molecule has 2 bridgehead atoms. The molecule has 2 aliphatic rings. The molecule has 4 atom stereocenters. The molecule has 0 aliphatic heterocycles. The summed E-state index contributed by atoms with van der Waals surface area (Å²) >= 11 is 2.74. The van der Waals surface area contributed by atoms with Gasteiger partial charge < -0.3 is 10.1 Å². The summed E-state index contributed by atoms with van der Waals surface area (Å²) in [7, 11) is 0. The van der Waals surface area contributed by atoms with Crippen LogP contribution in [0.3, 0.4) is 0 Å². The largest absolute Gasteiger partial charge is 0.463 e. The highest BCUT2D eigenvalue weighted by atomic mass is 32.1. The van der Waals surface area contributed by atoms with Crippen molar-refractivity contribution in [3.8, 4) is 0 Å². The fourth-order valence-corrected chi connectivity index (χ4v) is 6.69.